The molecule has 1 aromatic heterocycles. The molecule has 0 radical (unpaired) electrons. The SMILES string of the molecule is CC(C)(C)c1ccc(S(=O)(=O)Nc2ccc(Cl)cc2-c2ncnc(CO)c2O)cc1. The van der Waals surface area contributed by atoms with E-state index in [0.717, 1.165) is 5.56 Å². The van der Waals surface area contributed by atoms with Gasteiger partial charge in [-0.2, -0.15) is 0 Å². The molecule has 158 valence electrons. The Morgan fingerprint density at radius 3 is 2.33 bits per heavy atom. The van der Waals surface area contributed by atoms with Crippen molar-refractivity contribution < 1.29 is 18.6 Å². The van der Waals surface area contributed by atoms with Crippen molar-refractivity contribution in [2.24, 2.45) is 0 Å². The van der Waals surface area contributed by atoms with Gasteiger partial charge in [-0.3, -0.25) is 4.72 Å². The van der Waals surface area contributed by atoms with Crippen LogP contribution in [0.1, 0.15) is 32.0 Å². The zero-order chi connectivity index (χ0) is 22.1. The zero-order valence-electron chi connectivity index (χ0n) is 16.7. The van der Waals surface area contributed by atoms with Crippen LogP contribution in [-0.4, -0.2) is 28.6 Å². The Kier molecular flexibility index (Phi) is 6.03. The molecule has 0 fully saturated rings. The number of anilines is 1. The lowest BCUT2D eigenvalue weighted by molar-refractivity contribution is 0.269. The summed E-state index contributed by atoms with van der Waals surface area (Å²) < 4.78 is 28.5. The number of halogens is 1. The summed E-state index contributed by atoms with van der Waals surface area (Å²) in [5, 5.41) is 20.0. The molecule has 3 rings (SSSR count). The maximum Gasteiger partial charge on any atom is 0.261 e. The van der Waals surface area contributed by atoms with Gasteiger partial charge in [0.2, 0.25) is 0 Å². The normalized spacial score (nSPS) is 12.0. The predicted octanol–water partition coefficient (Wildman–Crippen LogP) is 4.09. The second-order valence-corrected chi connectivity index (χ2v) is 9.86. The summed E-state index contributed by atoms with van der Waals surface area (Å²) in [6, 6.07) is 11.1. The van der Waals surface area contributed by atoms with E-state index in [2.05, 4.69) is 14.7 Å². The van der Waals surface area contributed by atoms with Crippen LogP contribution in [0.3, 0.4) is 0 Å². The van der Waals surface area contributed by atoms with Crippen LogP contribution in [0.4, 0.5) is 5.69 Å². The van der Waals surface area contributed by atoms with Crippen LogP contribution in [0, 0.1) is 0 Å². The molecule has 0 saturated carbocycles. The number of aromatic nitrogens is 2. The lowest BCUT2D eigenvalue weighted by Gasteiger charge is -2.19. The number of aliphatic hydroxyl groups excluding tert-OH is 1. The second kappa shape index (κ2) is 8.22. The maximum atomic E-state index is 13.0. The smallest absolute Gasteiger partial charge is 0.261 e. The van der Waals surface area contributed by atoms with E-state index in [1.54, 1.807) is 24.3 Å². The number of aromatic hydroxyl groups is 1. The van der Waals surface area contributed by atoms with Crippen molar-refractivity contribution in [1.29, 1.82) is 0 Å². The lowest BCUT2D eigenvalue weighted by Crippen LogP contribution is -2.15. The first kappa shape index (κ1) is 22.0. The molecule has 0 atom stereocenters. The highest BCUT2D eigenvalue weighted by Gasteiger charge is 2.21. The number of sulfonamides is 1. The maximum absolute atomic E-state index is 13.0. The van der Waals surface area contributed by atoms with E-state index < -0.39 is 16.6 Å². The highest BCUT2D eigenvalue weighted by atomic mass is 35.5. The Labute approximate surface area is 180 Å². The van der Waals surface area contributed by atoms with Gasteiger partial charge in [-0.25, -0.2) is 18.4 Å². The van der Waals surface area contributed by atoms with Crippen molar-refractivity contribution in [3.8, 4) is 17.0 Å². The van der Waals surface area contributed by atoms with Gasteiger partial charge in [0.25, 0.3) is 10.0 Å². The lowest BCUT2D eigenvalue weighted by atomic mass is 9.87. The van der Waals surface area contributed by atoms with Gasteiger partial charge in [-0.1, -0.05) is 44.5 Å². The third kappa shape index (κ3) is 4.56. The number of benzene rings is 2. The summed E-state index contributed by atoms with van der Waals surface area (Å²) in [5.74, 6) is -0.350. The van der Waals surface area contributed by atoms with Gasteiger partial charge < -0.3 is 10.2 Å². The van der Waals surface area contributed by atoms with Crippen molar-refractivity contribution in [2.75, 3.05) is 4.72 Å². The molecule has 3 aromatic rings. The van der Waals surface area contributed by atoms with E-state index >= 15 is 0 Å². The Morgan fingerprint density at radius 1 is 1.07 bits per heavy atom. The topological polar surface area (TPSA) is 112 Å². The van der Waals surface area contributed by atoms with Gasteiger partial charge in [0.15, 0.2) is 5.75 Å². The van der Waals surface area contributed by atoms with Gasteiger partial charge in [0.1, 0.15) is 17.7 Å². The number of nitrogens with one attached hydrogen (secondary N) is 1. The Balaban J connectivity index is 2.03. The minimum absolute atomic E-state index is 0.0200. The average molecular weight is 448 g/mol. The predicted molar refractivity (Wildman–Crippen MR) is 116 cm³/mol. The number of rotatable bonds is 5. The first-order valence-corrected chi connectivity index (χ1v) is 11.0. The van der Waals surface area contributed by atoms with E-state index in [9.17, 15) is 18.6 Å². The number of hydrogen-bond acceptors (Lipinski definition) is 6. The number of nitrogens with zero attached hydrogens (tertiary/aromatic N) is 2. The summed E-state index contributed by atoms with van der Waals surface area (Å²) in [5.41, 5.74) is 1.41. The molecule has 2 aromatic carbocycles. The van der Waals surface area contributed by atoms with Crippen LogP contribution in [0.25, 0.3) is 11.3 Å². The summed E-state index contributed by atoms with van der Waals surface area (Å²) in [6.07, 6.45) is 1.17. The molecule has 0 unspecified atom stereocenters. The van der Waals surface area contributed by atoms with Crippen LogP contribution < -0.4 is 4.72 Å². The molecule has 0 bridgehead atoms. The molecule has 0 saturated heterocycles. The van der Waals surface area contributed by atoms with Crippen molar-refractivity contribution in [1.82, 2.24) is 9.97 Å². The van der Waals surface area contributed by atoms with Crippen LogP contribution in [0.15, 0.2) is 53.7 Å². The van der Waals surface area contributed by atoms with Crippen LogP contribution in [-0.2, 0) is 22.0 Å². The Hall–Kier alpha value is -2.68. The molecular formula is C21H22ClN3O4S. The highest BCUT2D eigenvalue weighted by molar-refractivity contribution is 7.92. The minimum atomic E-state index is -3.91. The van der Waals surface area contributed by atoms with Gasteiger partial charge in [0.05, 0.1) is 17.2 Å². The van der Waals surface area contributed by atoms with Gasteiger partial charge in [0, 0.05) is 10.6 Å². The third-order valence-corrected chi connectivity index (χ3v) is 6.18. The number of aliphatic hydroxyl groups is 1. The first-order valence-electron chi connectivity index (χ1n) is 9.10. The minimum Gasteiger partial charge on any atom is -0.504 e. The largest absolute Gasteiger partial charge is 0.504 e. The van der Waals surface area contributed by atoms with Gasteiger partial charge >= 0.3 is 0 Å². The Bertz CT molecular complexity index is 1170. The fourth-order valence-corrected chi connectivity index (χ4v) is 4.12. The second-order valence-electron chi connectivity index (χ2n) is 7.75. The third-order valence-electron chi connectivity index (χ3n) is 4.56. The summed E-state index contributed by atoms with van der Waals surface area (Å²) in [6.45, 7) is 5.64. The fraction of sp³-hybridized carbons (Fsp3) is 0.238. The monoisotopic (exact) mass is 447 g/mol. The molecule has 1 heterocycles. The molecule has 0 aliphatic heterocycles. The molecule has 0 aliphatic carbocycles. The van der Waals surface area contributed by atoms with Gasteiger partial charge in [-0.05, 0) is 41.3 Å². The quantitative estimate of drug-likeness (QED) is 0.543. The average Bonchev–Trinajstić information content (AvgIpc) is 2.69. The first-order chi connectivity index (χ1) is 14.0. The van der Waals surface area contributed by atoms with E-state index in [1.807, 2.05) is 20.8 Å². The molecule has 0 amide bonds. The summed E-state index contributed by atoms with van der Waals surface area (Å²) in [4.78, 5) is 7.93. The van der Waals surface area contributed by atoms with Crippen LogP contribution >= 0.6 is 11.6 Å². The molecule has 9 heteroatoms. The molecule has 0 spiro atoms. The van der Waals surface area contributed by atoms with Crippen molar-refractivity contribution in [3.05, 3.63) is 65.1 Å². The van der Waals surface area contributed by atoms with Crippen LogP contribution in [0.2, 0.25) is 5.02 Å². The molecule has 3 N–H and O–H groups in total. The van der Waals surface area contributed by atoms with Gasteiger partial charge in [-0.15, -0.1) is 0 Å². The molecule has 7 nitrogen and oxygen atoms in total. The van der Waals surface area contributed by atoms with E-state index in [1.165, 1.54) is 24.5 Å². The van der Waals surface area contributed by atoms with Crippen molar-refractivity contribution >= 4 is 27.3 Å². The van der Waals surface area contributed by atoms with E-state index in [-0.39, 0.29) is 38.7 Å². The zero-order valence-corrected chi connectivity index (χ0v) is 18.3. The highest BCUT2D eigenvalue weighted by Crippen LogP contribution is 2.37. The van der Waals surface area contributed by atoms with E-state index in [4.69, 9.17) is 11.6 Å². The number of hydrogen-bond donors (Lipinski definition) is 3. The summed E-state index contributed by atoms with van der Waals surface area (Å²) in [7, 11) is -3.91. The molecule has 0 aliphatic rings. The Morgan fingerprint density at radius 2 is 1.73 bits per heavy atom. The fourth-order valence-electron chi connectivity index (χ4n) is 2.87. The van der Waals surface area contributed by atoms with E-state index in [0.29, 0.717) is 5.02 Å². The molecular weight excluding hydrogens is 426 g/mol. The van der Waals surface area contributed by atoms with Crippen molar-refractivity contribution in [3.63, 3.8) is 0 Å². The van der Waals surface area contributed by atoms with Crippen molar-refractivity contribution in [2.45, 2.75) is 37.7 Å². The molecule has 30 heavy (non-hydrogen) atoms. The standard InChI is InChI=1S/C21H22ClN3O4S/c1-21(2,3)13-4-7-15(8-5-13)30(28,29)25-17-9-6-14(22)10-16(17)19-20(27)18(11-26)23-12-24-19/h4-10,12,25-27H,11H2,1-3H3. The summed E-state index contributed by atoms with van der Waals surface area (Å²) >= 11 is 6.09. The van der Waals surface area contributed by atoms with Crippen LogP contribution in [0.5, 0.6) is 5.75 Å².